The third-order valence-electron chi connectivity index (χ3n) is 3.82. The lowest BCUT2D eigenvalue weighted by Crippen LogP contribution is -2.38. The Morgan fingerprint density at radius 1 is 1.47 bits per heavy atom. The van der Waals surface area contributed by atoms with Crippen molar-refractivity contribution < 1.29 is 9.90 Å². The summed E-state index contributed by atoms with van der Waals surface area (Å²) in [5.41, 5.74) is 5.17. The van der Waals surface area contributed by atoms with Gasteiger partial charge in [-0.25, -0.2) is 0 Å². The first-order valence-corrected chi connectivity index (χ1v) is 6.75. The molecule has 0 aromatic heterocycles. The highest BCUT2D eigenvalue weighted by molar-refractivity contribution is 5.73. The first-order chi connectivity index (χ1) is 8.04. The van der Waals surface area contributed by atoms with Crippen molar-refractivity contribution in [2.45, 2.75) is 58.1 Å². The predicted octanol–water partition coefficient (Wildman–Crippen LogP) is 1.12. The fourth-order valence-electron chi connectivity index (χ4n) is 2.66. The lowest BCUT2D eigenvalue weighted by atomic mass is 9.92. The fourth-order valence-corrected chi connectivity index (χ4v) is 2.66. The van der Waals surface area contributed by atoms with E-state index in [0.717, 1.165) is 38.8 Å². The van der Waals surface area contributed by atoms with Gasteiger partial charge in [-0.3, -0.25) is 9.69 Å². The summed E-state index contributed by atoms with van der Waals surface area (Å²) in [6.07, 6.45) is 4.01. The number of hydrogen-bond donors (Lipinski definition) is 2. The smallest absolute Gasteiger partial charge is 0.217 e. The van der Waals surface area contributed by atoms with Gasteiger partial charge < -0.3 is 10.8 Å². The number of carbonyl (C=O) groups excluding carboxylic acids is 1. The van der Waals surface area contributed by atoms with E-state index in [1.54, 1.807) is 0 Å². The van der Waals surface area contributed by atoms with E-state index in [0.29, 0.717) is 12.5 Å². The van der Waals surface area contributed by atoms with Crippen LogP contribution in [-0.2, 0) is 4.79 Å². The predicted molar refractivity (Wildman–Crippen MR) is 68.5 cm³/mol. The van der Waals surface area contributed by atoms with Gasteiger partial charge in [0.05, 0.1) is 6.10 Å². The van der Waals surface area contributed by atoms with E-state index in [9.17, 15) is 9.90 Å². The summed E-state index contributed by atoms with van der Waals surface area (Å²) < 4.78 is 0. The Kier molecular flexibility index (Phi) is 5.92. The number of primary amides is 1. The minimum Gasteiger partial charge on any atom is -0.392 e. The molecule has 4 nitrogen and oxygen atoms in total. The van der Waals surface area contributed by atoms with Crippen LogP contribution < -0.4 is 5.73 Å². The Morgan fingerprint density at radius 2 is 2.18 bits per heavy atom. The summed E-state index contributed by atoms with van der Waals surface area (Å²) in [4.78, 5) is 13.2. The quantitative estimate of drug-likeness (QED) is 0.759. The van der Waals surface area contributed by atoms with Gasteiger partial charge in [0.25, 0.3) is 0 Å². The molecule has 1 rings (SSSR count). The van der Waals surface area contributed by atoms with Crippen LogP contribution in [0, 0.1) is 5.92 Å². The summed E-state index contributed by atoms with van der Waals surface area (Å²) in [7, 11) is 0. The highest BCUT2D eigenvalue weighted by Crippen LogP contribution is 2.25. The third kappa shape index (κ3) is 4.64. The summed E-state index contributed by atoms with van der Waals surface area (Å²) >= 11 is 0. The van der Waals surface area contributed by atoms with Crippen molar-refractivity contribution in [3.63, 3.8) is 0 Å². The topological polar surface area (TPSA) is 66.6 Å². The van der Waals surface area contributed by atoms with Crippen molar-refractivity contribution in [3.05, 3.63) is 0 Å². The van der Waals surface area contributed by atoms with Crippen LogP contribution >= 0.6 is 0 Å². The first-order valence-electron chi connectivity index (χ1n) is 6.75. The van der Waals surface area contributed by atoms with Crippen LogP contribution in [0.4, 0.5) is 0 Å². The zero-order valence-electron chi connectivity index (χ0n) is 11.1. The Labute approximate surface area is 104 Å². The Hall–Kier alpha value is -0.610. The molecule has 3 N–H and O–H groups in total. The molecule has 100 valence electrons. The molecular formula is C13H26N2O2. The molecule has 0 aromatic carbocycles. The van der Waals surface area contributed by atoms with Gasteiger partial charge >= 0.3 is 0 Å². The van der Waals surface area contributed by atoms with E-state index < -0.39 is 0 Å². The minimum absolute atomic E-state index is 0.229. The van der Waals surface area contributed by atoms with Crippen molar-refractivity contribution in [2.24, 2.45) is 11.7 Å². The Bertz CT molecular complexity index is 246. The number of nitrogens with zero attached hydrogens (tertiary/aromatic N) is 1. The molecule has 1 fully saturated rings. The molecule has 17 heavy (non-hydrogen) atoms. The molecule has 0 bridgehead atoms. The van der Waals surface area contributed by atoms with E-state index in [-0.39, 0.29) is 17.9 Å². The van der Waals surface area contributed by atoms with E-state index >= 15 is 0 Å². The van der Waals surface area contributed by atoms with Crippen LogP contribution in [0.15, 0.2) is 0 Å². The lowest BCUT2D eigenvalue weighted by molar-refractivity contribution is -0.118. The molecule has 0 saturated carbocycles. The molecule has 0 spiro atoms. The molecule has 3 atom stereocenters. The summed E-state index contributed by atoms with van der Waals surface area (Å²) in [6.45, 7) is 6.16. The SMILES string of the molecule is CCCN1C[C@@H](O)[C@H](CCC(N)=O)CC[C@H]1C. The van der Waals surface area contributed by atoms with Gasteiger partial charge in [-0.15, -0.1) is 0 Å². The number of aliphatic hydroxyl groups is 1. The van der Waals surface area contributed by atoms with Crippen molar-refractivity contribution in [1.29, 1.82) is 0 Å². The van der Waals surface area contributed by atoms with E-state index in [2.05, 4.69) is 18.7 Å². The highest BCUT2D eigenvalue weighted by atomic mass is 16.3. The Morgan fingerprint density at radius 3 is 2.76 bits per heavy atom. The molecule has 1 amide bonds. The zero-order valence-corrected chi connectivity index (χ0v) is 11.1. The molecule has 1 aliphatic rings. The standard InChI is InChI=1S/C13H26N2O2/c1-3-8-15-9-12(16)11(5-4-10(15)2)6-7-13(14)17/h10-12,16H,3-9H2,1-2H3,(H2,14,17)/t10-,11+,12-/m1/s1. The molecule has 4 heteroatoms. The van der Waals surface area contributed by atoms with Gasteiger partial charge in [0.1, 0.15) is 0 Å². The van der Waals surface area contributed by atoms with Crippen LogP contribution in [0.25, 0.3) is 0 Å². The normalized spacial score (nSPS) is 31.1. The maximum absolute atomic E-state index is 10.8. The van der Waals surface area contributed by atoms with Crippen LogP contribution in [0.2, 0.25) is 0 Å². The molecule has 0 unspecified atom stereocenters. The number of aliphatic hydroxyl groups excluding tert-OH is 1. The third-order valence-corrected chi connectivity index (χ3v) is 3.82. The molecule has 1 saturated heterocycles. The van der Waals surface area contributed by atoms with Gasteiger partial charge in [-0.2, -0.15) is 0 Å². The van der Waals surface area contributed by atoms with Crippen LogP contribution in [0.5, 0.6) is 0 Å². The number of β-amino-alcohol motifs (C(OH)–C–C–N with tert-alkyl or cyclic N) is 1. The summed E-state index contributed by atoms with van der Waals surface area (Å²) in [6, 6.07) is 0.531. The van der Waals surface area contributed by atoms with Crippen molar-refractivity contribution in [3.8, 4) is 0 Å². The maximum atomic E-state index is 10.8. The monoisotopic (exact) mass is 242 g/mol. The van der Waals surface area contributed by atoms with Crippen molar-refractivity contribution in [2.75, 3.05) is 13.1 Å². The molecule has 1 aliphatic heterocycles. The molecule has 0 aromatic rings. The van der Waals surface area contributed by atoms with E-state index in [4.69, 9.17) is 5.73 Å². The second-order valence-corrected chi connectivity index (χ2v) is 5.25. The minimum atomic E-state index is -0.314. The first kappa shape index (κ1) is 14.5. The maximum Gasteiger partial charge on any atom is 0.217 e. The molecule has 1 heterocycles. The second kappa shape index (κ2) is 6.97. The largest absolute Gasteiger partial charge is 0.392 e. The van der Waals surface area contributed by atoms with E-state index in [1.807, 2.05) is 0 Å². The van der Waals surface area contributed by atoms with Gasteiger partial charge in [0.15, 0.2) is 0 Å². The number of nitrogens with two attached hydrogens (primary N) is 1. The number of hydrogen-bond acceptors (Lipinski definition) is 3. The lowest BCUT2D eigenvalue weighted by Gasteiger charge is -2.28. The summed E-state index contributed by atoms with van der Waals surface area (Å²) in [5.74, 6) is -0.0354. The number of rotatable bonds is 5. The molecular weight excluding hydrogens is 216 g/mol. The highest BCUT2D eigenvalue weighted by Gasteiger charge is 2.28. The average Bonchev–Trinajstić information content (AvgIpc) is 2.38. The Balaban J connectivity index is 2.51. The number of carbonyl (C=O) groups is 1. The van der Waals surface area contributed by atoms with Crippen molar-refractivity contribution in [1.82, 2.24) is 4.90 Å². The second-order valence-electron chi connectivity index (χ2n) is 5.25. The number of likely N-dealkylation sites (tertiary alicyclic amines) is 1. The van der Waals surface area contributed by atoms with Gasteiger partial charge in [0.2, 0.25) is 5.91 Å². The van der Waals surface area contributed by atoms with E-state index in [1.165, 1.54) is 0 Å². The average molecular weight is 242 g/mol. The molecule has 0 radical (unpaired) electrons. The van der Waals surface area contributed by atoms with Gasteiger partial charge in [-0.05, 0) is 45.1 Å². The summed E-state index contributed by atoms with van der Waals surface area (Å²) in [5, 5.41) is 10.2. The van der Waals surface area contributed by atoms with Crippen LogP contribution in [0.1, 0.15) is 46.0 Å². The molecule has 0 aliphatic carbocycles. The van der Waals surface area contributed by atoms with Crippen LogP contribution in [-0.4, -0.2) is 41.1 Å². The van der Waals surface area contributed by atoms with Crippen LogP contribution in [0.3, 0.4) is 0 Å². The van der Waals surface area contributed by atoms with Gasteiger partial charge in [-0.1, -0.05) is 6.92 Å². The van der Waals surface area contributed by atoms with Crippen molar-refractivity contribution >= 4 is 5.91 Å². The number of amides is 1. The fraction of sp³-hybridized carbons (Fsp3) is 0.923. The zero-order chi connectivity index (χ0) is 12.8. The van der Waals surface area contributed by atoms with Gasteiger partial charge in [0, 0.05) is 19.0 Å².